The number of ether oxygens (including phenoxy) is 5. The summed E-state index contributed by atoms with van der Waals surface area (Å²) in [5.41, 5.74) is 2.36. The Bertz CT molecular complexity index is 1350. The van der Waals surface area contributed by atoms with Crippen molar-refractivity contribution in [1.29, 1.82) is 0 Å². The number of carbonyl (C=O) groups excluding carboxylic acids is 1. The molecule has 0 unspecified atom stereocenters. The predicted octanol–water partition coefficient (Wildman–Crippen LogP) is 3.39. The number of rotatable bonds is 4. The van der Waals surface area contributed by atoms with Gasteiger partial charge in [-0.2, -0.15) is 0 Å². The van der Waals surface area contributed by atoms with Gasteiger partial charge in [0, 0.05) is 25.7 Å². The van der Waals surface area contributed by atoms with Gasteiger partial charge in [0.1, 0.15) is 18.3 Å². The van der Waals surface area contributed by atoms with Crippen LogP contribution in [0.2, 0.25) is 0 Å². The highest BCUT2D eigenvalue weighted by Gasteiger charge is 2.65. The first kappa shape index (κ1) is 25.8. The zero-order chi connectivity index (χ0) is 26.7. The minimum absolute atomic E-state index is 0.0392. The highest BCUT2D eigenvalue weighted by molar-refractivity contribution is 7.89. The van der Waals surface area contributed by atoms with Crippen LogP contribution in [0, 0.1) is 0 Å². The Morgan fingerprint density at radius 3 is 2.08 bits per heavy atom. The first-order chi connectivity index (χ1) is 18.9. The third kappa shape index (κ3) is 4.67. The fourth-order valence-corrected chi connectivity index (χ4v) is 7.63. The van der Waals surface area contributed by atoms with Crippen molar-refractivity contribution >= 4 is 26.7 Å². The van der Waals surface area contributed by atoms with Gasteiger partial charge >= 0.3 is 0 Å². The SMILES string of the molecule is O=C(NNS(=O)(=O)c1ccc2ccccc2c1)[C@@H]1O[C@@H]2OC3(CCCCC3)O[C@@H]2[C@@H]2OC3(CCCCC3)O[C@H]21. The van der Waals surface area contributed by atoms with Crippen LogP contribution in [0.15, 0.2) is 47.4 Å². The molecule has 2 spiro atoms. The molecule has 0 aromatic heterocycles. The van der Waals surface area contributed by atoms with Crippen LogP contribution in [0.25, 0.3) is 10.8 Å². The second-order valence-electron chi connectivity index (χ2n) is 11.3. The third-order valence-electron chi connectivity index (χ3n) is 8.71. The van der Waals surface area contributed by atoms with Crippen LogP contribution in [0.4, 0.5) is 0 Å². The molecular weight excluding hydrogens is 524 g/mol. The van der Waals surface area contributed by atoms with Crippen molar-refractivity contribution in [2.45, 2.75) is 111 Å². The summed E-state index contributed by atoms with van der Waals surface area (Å²) in [6.45, 7) is 0. The Balaban J connectivity index is 1.11. The van der Waals surface area contributed by atoms with Gasteiger partial charge in [-0.3, -0.25) is 10.2 Å². The quantitative estimate of drug-likeness (QED) is 0.548. The summed E-state index contributed by atoms with van der Waals surface area (Å²) >= 11 is 0. The average molecular weight is 559 g/mol. The van der Waals surface area contributed by atoms with Crippen LogP contribution in [0.1, 0.15) is 64.2 Å². The Morgan fingerprint density at radius 1 is 0.744 bits per heavy atom. The van der Waals surface area contributed by atoms with Crippen molar-refractivity contribution in [3.63, 3.8) is 0 Å². The van der Waals surface area contributed by atoms with Crippen LogP contribution in [0.5, 0.6) is 0 Å². The molecule has 5 atom stereocenters. The van der Waals surface area contributed by atoms with Crippen LogP contribution < -0.4 is 10.3 Å². The molecule has 11 heteroatoms. The summed E-state index contributed by atoms with van der Waals surface area (Å²) < 4.78 is 58.1. The van der Waals surface area contributed by atoms with Gasteiger partial charge in [-0.25, -0.2) is 8.42 Å². The van der Waals surface area contributed by atoms with E-state index in [9.17, 15) is 13.2 Å². The van der Waals surface area contributed by atoms with E-state index in [4.69, 9.17) is 23.7 Å². The van der Waals surface area contributed by atoms with E-state index in [1.807, 2.05) is 24.3 Å². The van der Waals surface area contributed by atoms with Crippen LogP contribution in [0.3, 0.4) is 0 Å². The molecule has 5 fully saturated rings. The monoisotopic (exact) mass is 558 g/mol. The molecule has 7 rings (SSSR count). The van der Waals surface area contributed by atoms with Crippen molar-refractivity contribution in [2.75, 3.05) is 0 Å². The molecule has 10 nitrogen and oxygen atoms in total. The number of benzene rings is 2. The van der Waals surface area contributed by atoms with Crippen molar-refractivity contribution in [3.05, 3.63) is 42.5 Å². The Hall–Kier alpha value is -2.12. The Morgan fingerprint density at radius 2 is 1.36 bits per heavy atom. The number of sulfonamides is 1. The fourth-order valence-electron chi connectivity index (χ4n) is 6.75. The maximum atomic E-state index is 13.5. The number of amides is 1. The molecule has 2 aromatic carbocycles. The summed E-state index contributed by atoms with van der Waals surface area (Å²) in [6, 6.07) is 12.3. The first-order valence-corrected chi connectivity index (χ1v) is 15.5. The average Bonchev–Trinajstić information content (AvgIpc) is 3.49. The molecule has 210 valence electrons. The van der Waals surface area contributed by atoms with E-state index in [1.165, 1.54) is 6.07 Å². The molecule has 2 aromatic rings. The van der Waals surface area contributed by atoms with E-state index in [2.05, 4.69) is 10.3 Å². The van der Waals surface area contributed by atoms with Crippen LogP contribution >= 0.6 is 0 Å². The second-order valence-corrected chi connectivity index (χ2v) is 13.0. The molecule has 5 aliphatic rings. The van der Waals surface area contributed by atoms with Gasteiger partial charge in [0.25, 0.3) is 15.9 Å². The van der Waals surface area contributed by atoms with Gasteiger partial charge in [0.05, 0.1) is 4.90 Å². The summed E-state index contributed by atoms with van der Waals surface area (Å²) in [4.78, 5) is 15.7. The van der Waals surface area contributed by atoms with Gasteiger partial charge in [-0.1, -0.05) is 43.2 Å². The summed E-state index contributed by atoms with van der Waals surface area (Å²) in [5.74, 6) is -2.20. The van der Waals surface area contributed by atoms with Crippen molar-refractivity contribution in [3.8, 4) is 0 Å². The lowest BCUT2D eigenvalue weighted by Crippen LogP contribution is -2.61. The molecule has 3 saturated heterocycles. The van der Waals surface area contributed by atoms with Crippen molar-refractivity contribution in [2.24, 2.45) is 0 Å². The molecule has 2 saturated carbocycles. The Kier molecular flexibility index (Phi) is 6.46. The number of fused-ring (bicyclic) bond motifs is 4. The molecule has 1 amide bonds. The van der Waals surface area contributed by atoms with E-state index in [-0.39, 0.29) is 4.90 Å². The minimum atomic E-state index is -4.04. The van der Waals surface area contributed by atoms with Crippen molar-refractivity contribution in [1.82, 2.24) is 10.3 Å². The highest BCUT2D eigenvalue weighted by atomic mass is 32.2. The minimum Gasteiger partial charge on any atom is -0.341 e. The second kappa shape index (κ2) is 9.76. The third-order valence-corrected chi connectivity index (χ3v) is 9.95. The van der Waals surface area contributed by atoms with Crippen molar-refractivity contribution < 1.29 is 36.9 Å². The molecular formula is C28H34N2O8S. The number of carbonyl (C=O) groups is 1. The van der Waals surface area contributed by atoms with E-state index in [1.54, 1.807) is 12.1 Å². The lowest BCUT2D eigenvalue weighted by atomic mass is 9.94. The number of nitrogens with one attached hydrogen (secondary N) is 2. The van der Waals surface area contributed by atoms with E-state index < -0.39 is 58.2 Å². The highest BCUT2D eigenvalue weighted by Crippen LogP contribution is 2.50. The molecule has 2 aliphatic carbocycles. The molecule has 39 heavy (non-hydrogen) atoms. The molecule has 0 bridgehead atoms. The molecule has 0 radical (unpaired) electrons. The number of hydrogen-bond acceptors (Lipinski definition) is 8. The smallest absolute Gasteiger partial charge is 0.267 e. The van der Waals surface area contributed by atoms with E-state index in [0.717, 1.165) is 75.0 Å². The predicted molar refractivity (Wildman–Crippen MR) is 138 cm³/mol. The lowest BCUT2D eigenvalue weighted by molar-refractivity contribution is -0.247. The standard InChI is InChI=1S/C28H34N2O8S/c31-25(29-30-39(32,33)20-12-11-18-9-3-4-10-19(18)17-20)23-21-22(36-27(35-21)13-5-1-6-14-27)24-26(34-23)38-28(37-24)15-7-2-8-16-28/h3-4,9-12,17,21-24,26,30H,1-2,5-8,13-16H2,(H,29,31)/t21-,22-,23-,24-,26-/m1/s1. The van der Waals surface area contributed by atoms with E-state index in [0.29, 0.717) is 0 Å². The number of hydrazine groups is 1. The molecule has 3 aliphatic heterocycles. The molecule has 3 heterocycles. The number of hydrogen-bond donors (Lipinski definition) is 2. The lowest BCUT2D eigenvalue weighted by Gasteiger charge is -2.36. The van der Waals surface area contributed by atoms with E-state index >= 15 is 0 Å². The maximum Gasteiger partial charge on any atom is 0.267 e. The van der Waals surface area contributed by atoms with Gasteiger partial charge in [0.2, 0.25) is 0 Å². The van der Waals surface area contributed by atoms with Crippen LogP contribution in [-0.2, 0) is 38.5 Å². The first-order valence-electron chi connectivity index (χ1n) is 14.0. The van der Waals surface area contributed by atoms with Gasteiger partial charge in [-0.05, 0) is 48.6 Å². The summed E-state index contributed by atoms with van der Waals surface area (Å²) in [7, 11) is -4.04. The maximum absolute atomic E-state index is 13.5. The summed E-state index contributed by atoms with van der Waals surface area (Å²) in [6.07, 6.45) is 5.36. The van der Waals surface area contributed by atoms with Gasteiger partial charge in [0.15, 0.2) is 24.0 Å². The molecule has 2 N–H and O–H groups in total. The Labute approximate surface area is 227 Å². The normalized spacial score (nSPS) is 33.2. The van der Waals surface area contributed by atoms with Gasteiger partial charge < -0.3 is 23.7 Å². The fraction of sp³-hybridized carbons (Fsp3) is 0.607. The summed E-state index contributed by atoms with van der Waals surface area (Å²) in [5, 5.41) is 1.70. The zero-order valence-corrected chi connectivity index (χ0v) is 22.5. The topological polar surface area (TPSA) is 121 Å². The zero-order valence-electron chi connectivity index (χ0n) is 21.7. The van der Waals surface area contributed by atoms with Gasteiger partial charge in [-0.15, -0.1) is 4.83 Å². The largest absolute Gasteiger partial charge is 0.341 e. The van der Waals surface area contributed by atoms with Crippen LogP contribution in [-0.4, -0.2) is 56.6 Å².